The minimum Gasteiger partial charge on any atom is -0.295 e. The number of likely N-dealkylation sites (tertiary alicyclic amines) is 1. The SMILES string of the molecule is Cc1cc(C[C@@H]2CCN([C@H](C)c3ccc4sc(C)nc4n3)C2)nc(C)n1. The van der Waals surface area contributed by atoms with Crippen LogP contribution in [0.15, 0.2) is 18.2 Å². The van der Waals surface area contributed by atoms with Gasteiger partial charge in [0.1, 0.15) is 5.82 Å². The first kappa shape index (κ1) is 17.5. The van der Waals surface area contributed by atoms with Gasteiger partial charge < -0.3 is 0 Å². The average Bonchev–Trinajstić information content (AvgIpc) is 3.17. The number of thiazole rings is 1. The van der Waals surface area contributed by atoms with Crippen LogP contribution in [-0.4, -0.2) is 37.9 Å². The third-order valence-corrected chi connectivity index (χ3v) is 6.12. The van der Waals surface area contributed by atoms with Crippen LogP contribution in [0.5, 0.6) is 0 Å². The molecule has 1 aliphatic heterocycles. The highest BCUT2D eigenvalue weighted by Gasteiger charge is 2.28. The largest absolute Gasteiger partial charge is 0.295 e. The summed E-state index contributed by atoms with van der Waals surface area (Å²) in [5.74, 6) is 1.52. The fourth-order valence-electron chi connectivity index (χ4n) is 3.94. The molecule has 6 heteroatoms. The molecule has 2 atom stereocenters. The van der Waals surface area contributed by atoms with Crippen LogP contribution in [0.2, 0.25) is 0 Å². The Balaban J connectivity index is 1.45. The molecule has 3 aromatic rings. The Morgan fingerprint density at radius 1 is 1.15 bits per heavy atom. The maximum absolute atomic E-state index is 4.81. The van der Waals surface area contributed by atoms with Gasteiger partial charge in [-0.1, -0.05) is 0 Å². The predicted octanol–water partition coefficient (Wildman–Crippen LogP) is 4.03. The molecule has 0 aliphatic carbocycles. The molecule has 1 saturated heterocycles. The van der Waals surface area contributed by atoms with Crippen LogP contribution in [-0.2, 0) is 6.42 Å². The van der Waals surface area contributed by atoms with E-state index in [0.717, 1.165) is 47.4 Å². The Morgan fingerprint density at radius 2 is 2.00 bits per heavy atom. The predicted molar refractivity (Wildman–Crippen MR) is 105 cm³/mol. The summed E-state index contributed by atoms with van der Waals surface area (Å²) in [6.45, 7) is 10.5. The highest BCUT2D eigenvalue weighted by atomic mass is 32.1. The summed E-state index contributed by atoms with van der Waals surface area (Å²) >= 11 is 1.71. The van der Waals surface area contributed by atoms with Crippen molar-refractivity contribution in [2.75, 3.05) is 13.1 Å². The van der Waals surface area contributed by atoms with Crippen LogP contribution in [0.25, 0.3) is 10.3 Å². The second-order valence-corrected chi connectivity index (χ2v) is 8.60. The second kappa shape index (κ2) is 7.00. The summed E-state index contributed by atoms with van der Waals surface area (Å²) in [5.41, 5.74) is 4.25. The van der Waals surface area contributed by atoms with Gasteiger partial charge in [0.05, 0.1) is 15.4 Å². The van der Waals surface area contributed by atoms with Crippen LogP contribution < -0.4 is 0 Å². The highest BCUT2D eigenvalue weighted by Crippen LogP contribution is 2.30. The number of fused-ring (bicyclic) bond motifs is 1. The third kappa shape index (κ3) is 3.62. The zero-order chi connectivity index (χ0) is 18.3. The molecule has 0 spiro atoms. The summed E-state index contributed by atoms with van der Waals surface area (Å²) in [7, 11) is 0. The van der Waals surface area contributed by atoms with E-state index in [1.54, 1.807) is 11.3 Å². The Bertz CT molecular complexity index is 915. The van der Waals surface area contributed by atoms with Crippen molar-refractivity contribution in [2.45, 2.75) is 46.6 Å². The third-order valence-electron chi connectivity index (χ3n) is 5.19. The number of hydrogen-bond acceptors (Lipinski definition) is 6. The lowest BCUT2D eigenvalue weighted by molar-refractivity contribution is 0.248. The molecule has 0 saturated carbocycles. The normalized spacial score (nSPS) is 19.3. The topological polar surface area (TPSA) is 54.8 Å². The van der Waals surface area contributed by atoms with E-state index in [1.165, 1.54) is 16.8 Å². The summed E-state index contributed by atoms with van der Waals surface area (Å²) in [6, 6.07) is 6.77. The van der Waals surface area contributed by atoms with Crippen molar-refractivity contribution >= 4 is 21.7 Å². The summed E-state index contributed by atoms with van der Waals surface area (Å²) < 4.78 is 1.17. The molecule has 4 heterocycles. The van der Waals surface area contributed by atoms with Gasteiger partial charge >= 0.3 is 0 Å². The Labute approximate surface area is 158 Å². The molecule has 136 valence electrons. The van der Waals surface area contributed by atoms with Crippen molar-refractivity contribution in [3.8, 4) is 0 Å². The van der Waals surface area contributed by atoms with Crippen LogP contribution in [0, 0.1) is 26.7 Å². The molecular weight excluding hydrogens is 342 g/mol. The first-order chi connectivity index (χ1) is 12.5. The minimum absolute atomic E-state index is 0.320. The molecule has 5 nitrogen and oxygen atoms in total. The van der Waals surface area contributed by atoms with E-state index >= 15 is 0 Å². The molecule has 0 radical (unpaired) electrons. The fourth-order valence-corrected chi connectivity index (χ4v) is 4.70. The molecule has 0 amide bonds. The molecule has 0 bridgehead atoms. The quantitative estimate of drug-likeness (QED) is 0.697. The van der Waals surface area contributed by atoms with E-state index in [4.69, 9.17) is 4.98 Å². The zero-order valence-electron chi connectivity index (χ0n) is 15.9. The molecule has 1 fully saturated rings. The molecular formula is C20H25N5S. The lowest BCUT2D eigenvalue weighted by Gasteiger charge is -2.24. The van der Waals surface area contributed by atoms with Crippen molar-refractivity contribution < 1.29 is 0 Å². The maximum atomic E-state index is 4.81. The first-order valence-electron chi connectivity index (χ1n) is 9.27. The van der Waals surface area contributed by atoms with Gasteiger partial charge in [0, 0.05) is 24.0 Å². The molecule has 0 N–H and O–H groups in total. The summed E-state index contributed by atoms with van der Waals surface area (Å²) in [5, 5.41) is 1.08. The smallest absolute Gasteiger partial charge is 0.170 e. The molecule has 3 aromatic heterocycles. The van der Waals surface area contributed by atoms with Crippen molar-refractivity contribution in [1.29, 1.82) is 0 Å². The van der Waals surface area contributed by atoms with Gasteiger partial charge in [-0.15, -0.1) is 11.3 Å². The van der Waals surface area contributed by atoms with Crippen LogP contribution in [0.3, 0.4) is 0 Å². The maximum Gasteiger partial charge on any atom is 0.170 e. The van der Waals surface area contributed by atoms with Gasteiger partial charge in [-0.3, -0.25) is 4.90 Å². The Hall–Kier alpha value is -1.92. The van der Waals surface area contributed by atoms with E-state index in [2.05, 4.69) is 45.0 Å². The number of rotatable bonds is 4. The van der Waals surface area contributed by atoms with Crippen molar-refractivity contribution in [3.05, 3.63) is 46.1 Å². The summed E-state index contributed by atoms with van der Waals surface area (Å²) in [4.78, 5) is 20.9. The van der Waals surface area contributed by atoms with E-state index < -0.39 is 0 Å². The molecule has 1 aliphatic rings. The number of aromatic nitrogens is 4. The van der Waals surface area contributed by atoms with E-state index in [9.17, 15) is 0 Å². The van der Waals surface area contributed by atoms with Crippen molar-refractivity contribution in [3.63, 3.8) is 0 Å². The minimum atomic E-state index is 0.320. The first-order valence-corrected chi connectivity index (χ1v) is 10.1. The van der Waals surface area contributed by atoms with Gasteiger partial charge in [0.15, 0.2) is 5.65 Å². The number of nitrogens with zero attached hydrogens (tertiary/aromatic N) is 5. The van der Waals surface area contributed by atoms with Gasteiger partial charge in [-0.25, -0.2) is 19.9 Å². The molecule has 4 rings (SSSR count). The highest BCUT2D eigenvalue weighted by molar-refractivity contribution is 7.18. The Kier molecular flexibility index (Phi) is 4.71. The van der Waals surface area contributed by atoms with E-state index in [0.29, 0.717) is 12.0 Å². The lowest BCUT2D eigenvalue weighted by atomic mass is 10.0. The standard InChI is InChI=1S/C20H25N5S/c1-12-9-17(22-14(3)21-12)10-16-7-8-25(11-16)13(2)18-5-6-19-20(24-18)23-15(4)26-19/h5-6,9,13,16H,7-8,10-11H2,1-4H3/t13-,16+/m1/s1. The molecule has 0 unspecified atom stereocenters. The van der Waals surface area contributed by atoms with Crippen molar-refractivity contribution in [1.82, 2.24) is 24.8 Å². The van der Waals surface area contributed by atoms with Crippen LogP contribution in [0.4, 0.5) is 0 Å². The van der Waals surface area contributed by atoms with Gasteiger partial charge in [-0.05, 0) is 71.2 Å². The van der Waals surface area contributed by atoms with Crippen LogP contribution in [0.1, 0.15) is 47.3 Å². The number of hydrogen-bond donors (Lipinski definition) is 0. The van der Waals surface area contributed by atoms with E-state index in [1.807, 2.05) is 20.8 Å². The zero-order valence-corrected chi connectivity index (χ0v) is 16.7. The van der Waals surface area contributed by atoms with Crippen LogP contribution >= 0.6 is 11.3 Å². The van der Waals surface area contributed by atoms with Gasteiger partial charge in [0.25, 0.3) is 0 Å². The van der Waals surface area contributed by atoms with Crippen molar-refractivity contribution in [2.24, 2.45) is 5.92 Å². The lowest BCUT2D eigenvalue weighted by Crippen LogP contribution is -2.25. The average molecular weight is 368 g/mol. The number of pyridine rings is 1. The Morgan fingerprint density at radius 3 is 2.81 bits per heavy atom. The van der Waals surface area contributed by atoms with Gasteiger partial charge in [0.2, 0.25) is 0 Å². The monoisotopic (exact) mass is 367 g/mol. The number of aryl methyl sites for hydroxylation is 3. The molecule has 0 aromatic carbocycles. The summed E-state index contributed by atoms with van der Waals surface area (Å²) in [6.07, 6.45) is 2.25. The molecule has 26 heavy (non-hydrogen) atoms. The fraction of sp³-hybridized carbons (Fsp3) is 0.500. The van der Waals surface area contributed by atoms with E-state index in [-0.39, 0.29) is 0 Å². The van der Waals surface area contributed by atoms with Gasteiger partial charge in [-0.2, -0.15) is 0 Å². The second-order valence-electron chi connectivity index (χ2n) is 7.37.